The van der Waals surface area contributed by atoms with Crippen molar-refractivity contribution in [1.29, 1.82) is 5.26 Å². The van der Waals surface area contributed by atoms with Gasteiger partial charge in [-0.25, -0.2) is 4.79 Å². The van der Waals surface area contributed by atoms with E-state index in [0.717, 1.165) is 5.56 Å². The molecule has 0 saturated heterocycles. The maximum atomic E-state index is 12.1. The van der Waals surface area contributed by atoms with Gasteiger partial charge in [-0.05, 0) is 31.5 Å². The minimum Gasteiger partial charge on any atom is -0.297 e. The van der Waals surface area contributed by atoms with Gasteiger partial charge in [-0.1, -0.05) is 17.7 Å². The highest BCUT2D eigenvalue weighted by Crippen LogP contribution is 2.18. The highest BCUT2D eigenvalue weighted by molar-refractivity contribution is 6.31. The van der Waals surface area contributed by atoms with E-state index in [9.17, 15) is 4.79 Å². The first-order chi connectivity index (χ1) is 9.02. The van der Waals surface area contributed by atoms with Crippen molar-refractivity contribution in [3.05, 3.63) is 57.2 Å². The molecule has 0 aliphatic heterocycles. The Morgan fingerprint density at radius 3 is 2.63 bits per heavy atom. The molecular formula is C14H14ClN3O. The molecular weight excluding hydrogens is 262 g/mol. The van der Waals surface area contributed by atoms with Crippen LogP contribution in [0.5, 0.6) is 0 Å². The monoisotopic (exact) mass is 275 g/mol. The number of halogens is 1. The molecule has 4 nitrogen and oxygen atoms in total. The van der Waals surface area contributed by atoms with Crippen LogP contribution in [0.1, 0.15) is 31.0 Å². The molecule has 0 fully saturated rings. The summed E-state index contributed by atoms with van der Waals surface area (Å²) in [6.45, 7) is 4.32. The lowest BCUT2D eigenvalue weighted by molar-refractivity contribution is 0.561. The summed E-state index contributed by atoms with van der Waals surface area (Å²) in [7, 11) is 0. The van der Waals surface area contributed by atoms with Crippen molar-refractivity contribution >= 4 is 11.6 Å². The van der Waals surface area contributed by atoms with Crippen LogP contribution in [0.15, 0.2) is 35.4 Å². The van der Waals surface area contributed by atoms with E-state index in [4.69, 9.17) is 16.9 Å². The fourth-order valence-electron chi connectivity index (χ4n) is 1.87. The highest BCUT2D eigenvalue weighted by atomic mass is 35.5. The number of rotatable bonds is 3. The fourth-order valence-corrected chi connectivity index (χ4v) is 2.11. The summed E-state index contributed by atoms with van der Waals surface area (Å²) in [4.78, 5) is 12.1. The number of benzene rings is 1. The Morgan fingerprint density at radius 1 is 1.37 bits per heavy atom. The standard InChI is InChI=1S/C14H14ClN3O/c1-10(2)18-6-5-17(14(18)19)9-12-4-3-11(8-16)7-13(12)15/h3-7,10H,9H2,1-2H3. The summed E-state index contributed by atoms with van der Waals surface area (Å²) in [6.07, 6.45) is 3.52. The maximum absolute atomic E-state index is 12.1. The molecule has 2 aromatic rings. The summed E-state index contributed by atoms with van der Waals surface area (Å²) in [5, 5.41) is 9.29. The first-order valence-electron chi connectivity index (χ1n) is 5.98. The molecule has 98 valence electrons. The van der Waals surface area contributed by atoms with Crippen molar-refractivity contribution in [3.63, 3.8) is 0 Å². The van der Waals surface area contributed by atoms with Gasteiger partial charge in [0.2, 0.25) is 0 Å². The quantitative estimate of drug-likeness (QED) is 0.865. The van der Waals surface area contributed by atoms with E-state index in [1.165, 1.54) is 0 Å². The van der Waals surface area contributed by atoms with Gasteiger partial charge in [0.25, 0.3) is 0 Å². The zero-order valence-electron chi connectivity index (χ0n) is 10.8. The average molecular weight is 276 g/mol. The third-order valence-corrected chi connectivity index (χ3v) is 3.30. The summed E-state index contributed by atoms with van der Waals surface area (Å²) < 4.78 is 3.27. The molecule has 0 atom stereocenters. The number of aromatic nitrogens is 2. The van der Waals surface area contributed by atoms with Crippen LogP contribution in [0.4, 0.5) is 0 Å². The van der Waals surface area contributed by atoms with Crippen LogP contribution in [-0.4, -0.2) is 9.13 Å². The van der Waals surface area contributed by atoms with E-state index in [0.29, 0.717) is 17.1 Å². The molecule has 19 heavy (non-hydrogen) atoms. The van der Waals surface area contributed by atoms with Crippen molar-refractivity contribution in [2.75, 3.05) is 0 Å². The Kier molecular flexibility index (Phi) is 3.77. The predicted octanol–water partition coefficient (Wildman–Crippen LogP) is 2.80. The molecule has 1 heterocycles. The number of nitriles is 1. The Hall–Kier alpha value is -1.99. The van der Waals surface area contributed by atoms with E-state index < -0.39 is 0 Å². The number of hydrogen-bond donors (Lipinski definition) is 0. The van der Waals surface area contributed by atoms with Gasteiger partial charge in [0.1, 0.15) is 0 Å². The molecule has 1 aromatic heterocycles. The number of imidazole rings is 1. The van der Waals surface area contributed by atoms with E-state index in [1.807, 2.05) is 19.9 Å². The first-order valence-corrected chi connectivity index (χ1v) is 6.36. The van der Waals surface area contributed by atoms with Crippen LogP contribution < -0.4 is 5.69 Å². The van der Waals surface area contributed by atoms with Gasteiger partial charge in [0.05, 0.1) is 18.2 Å². The molecule has 0 unspecified atom stereocenters. The SMILES string of the molecule is CC(C)n1ccn(Cc2ccc(C#N)cc2Cl)c1=O. The van der Waals surface area contributed by atoms with E-state index in [-0.39, 0.29) is 11.7 Å². The second-order valence-corrected chi connectivity index (χ2v) is 5.03. The summed E-state index contributed by atoms with van der Waals surface area (Å²) in [5.74, 6) is 0. The zero-order valence-corrected chi connectivity index (χ0v) is 11.6. The second-order valence-electron chi connectivity index (χ2n) is 4.63. The number of nitrogens with zero attached hydrogens (tertiary/aromatic N) is 3. The summed E-state index contributed by atoms with van der Waals surface area (Å²) in [5.41, 5.74) is 1.28. The maximum Gasteiger partial charge on any atom is 0.328 e. The smallest absolute Gasteiger partial charge is 0.297 e. The second kappa shape index (κ2) is 5.33. The van der Waals surface area contributed by atoms with Gasteiger partial charge < -0.3 is 0 Å². The largest absolute Gasteiger partial charge is 0.328 e. The zero-order chi connectivity index (χ0) is 14.0. The van der Waals surface area contributed by atoms with Crippen molar-refractivity contribution in [2.45, 2.75) is 26.4 Å². The molecule has 0 aliphatic carbocycles. The Morgan fingerprint density at radius 2 is 2.11 bits per heavy atom. The molecule has 0 N–H and O–H groups in total. The van der Waals surface area contributed by atoms with Crippen LogP contribution in [0.25, 0.3) is 0 Å². The molecule has 5 heteroatoms. The van der Waals surface area contributed by atoms with E-state index >= 15 is 0 Å². The molecule has 0 saturated carbocycles. The lowest BCUT2D eigenvalue weighted by atomic mass is 10.1. The minimum absolute atomic E-state index is 0.0598. The van der Waals surface area contributed by atoms with Crippen molar-refractivity contribution in [1.82, 2.24) is 9.13 Å². The van der Waals surface area contributed by atoms with Crippen LogP contribution in [-0.2, 0) is 6.54 Å². The van der Waals surface area contributed by atoms with Gasteiger partial charge in [0, 0.05) is 23.5 Å². The number of hydrogen-bond acceptors (Lipinski definition) is 2. The van der Waals surface area contributed by atoms with E-state index in [1.54, 1.807) is 39.7 Å². The molecule has 0 spiro atoms. The van der Waals surface area contributed by atoms with Crippen molar-refractivity contribution in [2.24, 2.45) is 0 Å². The Bertz CT molecular complexity index is 691. The molecule has 0 amide bonds. The van der Waals surface area contributed by atoms with Crippen molar-refractivity contribution < 1.29 is 0 Å². The molecule has 0 aliphatic rings. The third kappa shape index (κ3) is 2.72. The Balaban J connectivity index is 2.32. The molecule has 1 aromatic carbocycles. The highest BCUT2D eigenvalue weighted by Gasteiger charge is 2.08. The minimum atomic E-state index is -0.0598. The van der Waals surface area contributed by atoms with Gasteiger partial charge in [0.15, 0.2) is 0 Å². The van der Waals surface area contributed by atoms with Gasteiger partial charge >= 0.3 is 5.69 Å². The average Bonchev–Trinajstić information content (AvgIpc) is 2.73. The van der Waals surface area contributed by atoms with Crippen LogP contribution >= 0.6 is 11.6 Å². The lowest BCUT2D eigenvalue weighted by Crippen LogP contribution is -2.25. The van der Waals surface area contributed by atoms with E-state index in [2.05, 4.69) is 0 Å². The van der Waals surface area contributed by atoms with Gasteiger partial charge in [-0.15, -0.1) is 0 Å². The molecule has 0 radical (unpaired) electrons. The topological polar surface area (TPSA) is 50.7 Å². The fraction of sp³-hybridized carbons (Fsp3) is 0.286. The third-order valence-electron chi connectivity index (χ3n) is 2.95. The molecule has 2 rings (SSSR count). The van der Waals surface area contributed by atoms with Crippen LogP contribution in [0, 0.1) is 11.3 Å². The van der Waals surface area contributed by atoms with Crippen molar-refractivity contribution in [3.8, 4) is 6.07 Å². The summed E-state index contributed by atoms with van der Waals surface area (Å²) >= 11 is 6.11. The lowest BCUT2D eigenvalue weighted by Gasteiger charge is -2.06. The predicted molar refractivity (Wildman–Crippen MR) is 74.3 cm³/mol. The van der Waals surface area contributed by atoms with Crippen LogP contribution in [0.3, 0.4) is 0 Å². The van der Waals surface area contributed by atoms with Crippen LogP contribution in [0.2, 0.25) is 5.02 Å². The Labute approximate surface area is 116 Å². The van der Waals surface area contributed by atoms with Gasteiger partial charge in [-0.3, -0.25) is 9.13 Å². The van der Waals surface area contributed by atoms with Gasteiger partial charge in [-0.2, -0.15) is 5.26 Å². The normalized spacial score (nSPS) is 10.7. The molecule has 0 bridgehead atoms. The summed E-state index contributed by atoms with van der Waals surface area (Å²) in [6, 6.07) is 7.25. The first kappa shape index (κ1) is 13.4.